The number of benzene rings is 1. The van der Waals surface area contributed by atoms with Crippen molar-refractivity contribution in [2.45, 2.75) is 13.8 Å². The molecule has 0 aromatic heterocycles. The third kappa shape index (κ3) is 2.72. The fourth-order valence-corrected chi connectivity index (χ4v) is 2.38. The first-order chi connectivity index (χ1) is 7.67. The van der Waals surface area contributed by atoms with Gasteiger partial charge in [-0.15, -0.1) is 0 Å². The fraction of sp³-hybridized carbons (Fsp3) is 0.500. The monoisotopic (exact) mass is 335 g/mol. The van der Waals surface area contributed by atoms with E-state index in [-0.39, 0.29) is 0 Å². The second-order valence-electron chi connectivity index (χ2n) is 3.34. The number of halogens is 1. The first-order valence-electron chi connectivity index (χ1n) is 5.34. The summed E-state index contributed by atoms with van der Waals surface area (Å²) in [5, 5.41) is 0. The Kier molecular flexibility index (Phi) is 5.18. The minimum Gasteiger partial charge on any atom is -0.495 e. The van der Waals surface area contributed by atoms with Crippen molar-refractivity contribution in [3.05, 3.63) is 15.7 Å². The van der Waals surface area contributed by atoms with Crippen molar-refractivity contribution in [1.29, 1.82) is 0 Å². The number of methoxy groups -OCH3 is 2. The molecule has 3 nitrogen and oxygen atoms in total. The zero-order valence-electron chi connectivity index (χ0n) is 10.2. The molecule has 0 aliphatic carbocycles. The van der Waals surface area contributed by atoms with Gasteiger partial charge in [-0.3, -0.25) is 0 Å². The molecule has 1 rings (SSSR count). The zero-order chi connectivity index (χ0) is 12.1. The second kappa shape index (κ2) is 6.18. The Morgan fingerprint density at radius 3 is 1.81 bits per heavy atom. The Hall–Kier alpha value is -0.650. The lowest BCUT2D eigenvalue weighted by Gasteiger charge is -2.23. The van der Waals surface area contributed by atoms with Gasteiger partial charge in [-0.2, -0.15) is 0 Å². The van der Waals surface area contributed by atoms with E-state index in [1.165, 1.54) is 0 Å². The average Bonchev–Trinajstić information content (AvgIpc) is 2.32. The summed E-state index contributed by atoms with van der Waals surface area (Å²) in [6.07, 6.45) is 0. The van der Waals surface area contributed by atoms with Crippen molar-refractivity contribution < 1.29 is 9.47 Å². The van der Waals surface area contributed by atoms with Gasteiger partial charge in [0.15, 0.2) is 0 Å². The summed E-state index contributed by atoms with van der Waals surface area (Å²) in [7, 11) is 3.37. The number of anilines is 1. The summed E-state index contributed by atoms with van der Waals surface area (Å²) >= 11 is 2.24. The molecule has 0 bridgehead atoms. The number of hydrogen-bond donors (Lipinski definition) is 0. The molecule has 90 valence electrons. The van der Waals surface area contributed by atoms with E-state index in [2.05, 4.69) is 53.5 Å². The van der Waals surface area contributed by atoms with E-state index >= 15 is 0 Å². The highest BCUT2D eigenvalue weighted by Crippen LogP contribution is 2.35. The fourth-order valence-electron chi connectivity index (χ4n) is 1.63. The highest BCUT2D eigenvalue weighted by molar-refractivity contribution is 14.1. The molecule has 0 heterocycles. The van der Waals surface area contributed by atoms with Gasteiger partial charge in [0.05, 0.1) is 17.8 Å². The van der Waals surface area contributed by atoms with E-state index in [0.29, 0.717) is 0 Å². The minimum atomic E-state index is 0.863. The highest BCUT2D eigenvalue weighted by Gasteiger charge is 2.12. The predicted molar refractivity (Wildman–Crippen MR) is 75.8 cm³/mol. The van der Waals surface area contributed by atoms with Crippen LogP contribution >= 0.6 is 22.6 Å². The Balaban J connectivity index is 3.20. The molecule has 0 saturated heterocycles. The van der Waals surface area contributed by atoms with Crippen LogP contribution in [0.1, 0.15) is 13.8 Å². The summed E-state index contributed by atoms with van der Waals surface area (Å²) < 4.78 is 11.7. The first-order valence-corrected chi connectivity index (χ1v) is 6.42. The molecule has 4 heteroatoms. The van der Waals surface area contributed by atoms with Crippen LogP contribution in [0.4, 0.5) is 5.69 Å². The maximum atomic E-state index is 5.35. The topological polar surface area (TPSA) is 21.7 Å². The molecule has 0 atom stereocenters. The third-order valence-electron chi connectivity index (χ3n) is 2.56. The van der Waals surface area contributed by atoms with Crippen LogP contribution in [0.25, 0.3) is 0 Å². The molecule has 1 aromatic rings. The molecule has 0 N–H and O–H groups in total. The molecule has 0 amide bonds. The van der Waals surface area contributed by atoms with Crippen LogP contribution < -0.4 is 14.4 Å². The van der Waals surface area contributed by atoms with E-state index in [4.69, 9.17) is 9.47 Å². The number of ether oxygens (including phenoxy) is 2. The summed E-state index contributed by atoms with van der Waals surface area (Å²) in [5.74, 6) is 1.73. The van der Waals surface area contributed by atoms with Gasteiger partial charge in [0.2, 0.25) is 0 Å². The largest absolute Gasteiger partial charge is 0.495 e. The number of rotatable bonds is 5. The predicted octanol–water partition coefficient (Wildman–Crippen LogP) is 3.15. The average molecular weight is 335 g/mol. The van der Waals surface area contributed by atoms with Crippen molar-refractivity contribution >= 4 is 28.3 Å². The molecule has 0 aliphatic rings. The minimum absolute atomic E-state index is 0.863. The van der Waals surface area contributed by atoms with Crippen molar-refractivity contribution in [3.63, 3.8) is 0 Å². The van der Waals surface area contributed by atoms with Gasteiger partial charge in [0.25, 0.3) is 0 Å². The second-order valence-corrected chi connectivity index (χ2v) is 4.42. The Morgan fingerprint density at radius 2 is 1.50 bits per heavy atom. The summed E-state index contributed by atoms with van der Waals surface area (Å²) in [4.78, 5) is 2.26. The van der Waals surface area contributed by atoms with Crippen LogP contribution in [-0.2, 0) is 0 Å². The van der Waals surface area contributed by atoms with Crippen LogP contribution in [0.5, 0.6) is 11.5 Å². The van der Waals surface area contributed by atoms with Crippen LogP contribution in [0.2, 0.25) is 0 Å². The van der Waals surface area contributed by atoms with Crippen LogP contribution in [0, 0.1) is 3.57 Å². The van der Waals surface area contributed by atoms with Gasteiger partial charge < -0.3 is 14.4 Å². The van der Waals surface area contributed by atoms with Gasteiger partial charge in [0, 0.05) is 30.9 Å². The van der Waals surface area contributed by atoms with Crippen molar-refractivity contribution in [3.8, 4) is 11.5 Å². The Labute approximate surface area is 111 Å². The lowest BCUT2D eigenvalue weighted by molar-refractivity contribution is 0.389. The van der Waals surface area contributed by atoms with Crippen LogP contribution in [0.15, 0.2) is 12.1 Å². The third-order valence-corrected chi connectivity index (χ3v) is 3.62. The van der Waals surface area contributed by atoms with Crippen molar-refractivity contribution in [2.24, 2.45) is 0 Å². The Bertz CT molecular complexity index is 326. The molecule has 0 radical (unpaired) electrons. The first kappa shape index (κ1) is 13.4. The number of hydrogen-bond acceptors (Lipinski definition) is 3. The lowest BCUT2D eigenvalue weighted by atomic mass is 10.2. The smallest absolute Gasteiger partial charge is 0.138 e. The molecular formula is C12H18INO2. The van der Waals surface area contributed by atoms with Crippen molar-refractivity contribution in [2.75, 3.05) is 32.2 Å². The van der Waals surface area contributed by atoms with E-state index in [1.807, 2.05) is 0 Å². The maximum absolute atomic E-state index is 5.35. The van der Waals surface area contributed by atoms with Gasteiger partial charge in [0.1, 0.15) is 11.5 Å². The Morgan fingerprint density at radius 1 is 1.06 bits per heavy atom. The molecule has 0 unspecified atom stereocenters. The summed E-state index contributed by atoms with van der Waals surface area (Å²) in [6, 6.07) is 4.11. The molecule has 16 heavy (non-hydrogen) atoms. The molecule has 0 spiro atoms. The molecule has 0 saturated carbocycles. The molecule has 0 fully saturated rings. The summed E-state index contributed by atoms with van der Waals surface area (Å²) in [5.41, 5.74) is 1.14. The number of nitrogens with zero attached hydrogens (tertiary/aromatic N) is 1. The van der Waals surface area contributed by atoms with Gasteiger partial charge in [-0.1, -0.05) is 0 Å². The van der Waals surface area contributed by atoms with E-state index in [9.17, 15) is 0 Å². The van der Waals surface area contributed by atoms with E-state index in [0.717, 1.165) is 33.8 Å². The quantitative estimate of drug-likeness (QED) is 0.772. The van der Waals surface area contributed by atoms with Crippen LogP contribution in [0.3, 0.4) is 0 Å². The standard InChI is InChI=1S/C12H18INO2/c1-5-14(6-2)9-7-10(15-3)12(13)11(8-9)16-4/h7-8H,5-6H2,1-4H3. The van der Waals surface area contributed by atoms with Gasteiger partial charge >= 0.3 is 0 Å². The molecule has 1 aromatic carbocycles. The normalized spacial score (nSPS) is 10.1. The molecular weight excluding hydrogens is 317 g/mol. The van der Waals surface area contributed by atoms with E-state index in [1.54, 1.807) is 14.2 Å². The maximum Gasteiger partial charge on any atom is 0.138 e. The van der Waals surface area contributed by atoms with Crippen molar-refractivity contribution in [1.82, 2.24) is 0 Å². The van der Waals surface area contributed by atoms with Gasteiger partial charge in [-0.25, -0.2) is 0 Å². The SMILES string of the molecule is CCN(CC)c1cc(OC)c(I)c(OC)c1. The highest BCUT2D eigenvalue weighted by atomic mass is 127. The van der Waals surface area contributed by atoms with E-state index < -0.39 is 0 Å². The van der Waals surface area contributed by atoms with Crippen LogP contribution in [-0.4, -0.2) is 27.3 Å². The van der Waals surface area contributed by atoms with Gasteiger partial charge in [-0.05, 0) is 36.4 Å². The molecule has 0 aliphatic heterocycles. The zero-order valence-corrected chi connectivity index (χ0v) is 12.4. The lowest BCUT2D eigenvalue weighted by Crippen LogP contribution is -2.21. The summed E-state index contributed by atoms with van der Waals surface area (Å²) in [6.45, 7) is 6.23.